The Bertz CT molecular complexity index is 572. The van der Waals surface area contributed by atoms with Crippen LogP contribution in [0.2, 0.25) is 0 Å². The lowest BCUT2D eigenvalue weighted by molar-refractivity contribution is -0.128. The molecule has 0 spiro atoms. The van der Waals surface area contributed by atoms with E-state index in [4.69, 9.17) is 10.5 Å². The van der Waals surface area contributed by atoms with Crippen molar-refractivity contribution in [3.8, 4) is 5.75 Å². The van der Waals surface area contributed by atoms with Gasteiger partial charge in [-0.25, -0.2) is 4.39 Å². The van der Waals surface area contributed by atoms with E-state index >= 15 is 0 Å². The largest absolute Gasteiger partial charge is 0.486 e. The first kappa shape index (κ1) is 20.0. The molecule has 6 heteroatoms. The molecule has 140 valence electrons. The normalized spacial score (nSPS) is 29.2. The molecule has 0 aromatic heterocycles. The van der Waals surface area contributed by atoms with Crippen molar-refractivity contribution in [1.29, 1.82) is 0 Å². The summed E-state index contributed by atoms with van der Waals surface area (Å²) < 4.78 is 19.1. The van der Waals surface area contributed by atoms with Crippen molar-refractivity contribution in [2.45, 2.75) is 51.2 Å². The zero-order chi connectivity index (χ0) is 17.1. The Kier molecular flexibility index (Phi) is 7.08. The lowest BCUT2D eigenvalue weighted by Gasteiger charge is -2.43. The minimum Gasteiger partial charge on any atom is -0.486 e. The Morgan fingerprint density at radius 3 is 2.60 bits per heavy atom. The van der Waals surface area contributed by atoms with Gasteiger partial charge in [-0.15, -0.1) is 12.4 Å². The zero-order valence-electron chi connectivity index (χ0n) is 14.6. The Labute approximate surface area is 155 Å². The van der Waals surface area contributed by atoms with E-state index in [0.29, 0.717) is 18.4 Å². The number of hydrogen-bond acceptors (Lipinski definition) is 3. The summed E-state index contributed by atoms with van der Waals surface area (Å²) in [5.74, 6) is 0.950. The summed E-state index contributed by atoms with van der Waals surface area (Å²) in [6, 6.07) is 6.58. The molecule has 25 heavy (non-hydrogen) atoms. The number of ether oxygens (including phenoxy) is 1. The Morgan fingerprint density at radius 2 is 1.96 bits per heavy atom. The summed E-state index contributed by atoms with van der Waals surface area (Å²) in [7, 11) is 0. The molecule has 2 aliphatic rings. The molecule has 0 heterocycles. The summed E-state index contributed by atoms with van der Waals surface area (Å²) in [5, 5.41) is 2.97. The lowest BCUT2D eigenvalue weighted by atomic mass is 9.65. The monoisotopic (exact) mass is 370 g/mol. The second kappa shape index (κ2) is 8.86. The van der Waals surface area contributed by atoms with Crippen LogP contribution in [0.1, 0.15) is 39.0 Å². The molecule has 3 atom stereocenters. The molecule has 1 aromatic carbocycles. The average molecular weight is 371 g/mol. The van der Waals surface area contributed by atoms with E-state index in [1.54, 1.807) is 18.2 Å². The molecular weight excluding hydrogens is 343 g/mol. The van der Waals surface area contributed by atoms with Crippen LogP contribution in [0.3, 0.4) is 0 Å². The van der Waals surface area contributed by atoms with Crippen molar-refractivity contribution in [3.05, 3.63) is 30.1 Å². The highest BCUT2D eigenvalue weighted by Gasteiger charge is 2.40. The van der Waals surface area contributed by atoms with Crippen molar-refractivity contribution in [3.63, 3.8) is 0 Å². The second-order valence-corrected chi connectivity index (χ2v) is 7.30. The molecule has 3 N–H and O–H groups in total. The fourth-order valence-corrected chi connectivity index (χ4v) is 4.19. The first-order chi connectivity index (χ1) is 11.5. The predicted octanol–water partition coefficient (Wildman–Crippen LogP) is 3.28. The molecular formula is C19H28ClFN2O2. The molecule has 0 saturated heterocycles. The van der Waals surface area contributed by atoms with Gasteiger partial charge in [0.05, 0.1) is 6.54 Å². The van der Waals surface area contributed by atoms with Crippen molar-refractivity contribution in [2.24, 2.45) is 23.5 Å². The predicted molar refractivity (Wildman–Crippen MR) is 98.3 cm³/mol. The number of para-hydroxylation sites is 1. The quantitative estimate of drug-likeness (QED) is 0.835. The highest BCUT2D eigenvalue weighted by Crippen LogP contribution is 2.41. The van der Waals surface area contributed by atoms with E-state index in [0.717, 1.165) is 25.7 Å². The number of benzene rings is 1. The first-order valence-corrected chi connectivity index (χ1v) is 8.99. The van der Waals surface area contributed by atoms with Crippen molar-refractivity contribution in [1.82, 2.24) is 5.32 Å². The van der Waals surface area contributed by atoms with Crippen LogP contribution in [-0.4, -0.2) is 24.6 Å². The maximum atomic E-state index is 13.6. The summed E-state index contributed by atoms with van der Waals surface area (Å²) in [4.78, 5) is 12.5. The van der Waals surface area contributed by atoms with Gasteiger partial charge >= 0.3 is 0 Å². The van der Waals surface area contributed by atoms with E-state index in [2.05, 4.69) is 5.32 Å². The summed E-state index contributed by atoms with van der Waals surface area (Å²) >= 11 is 0. The highest BCUT2D eigenvalue weighted by molar-refractivity contribution is 5.85. The van der Waals surface area contributed by atoms with Gasteiger partial charge in [-0.05, 0) is 56.6 Å². The number of fused-ring (bicyclic) bond motifs is 2. The average Bonchev–Trinajstić information content (AvgIpc) is 2.54. The molecule has 0 aliphatic heterocycles. The van der Waals surface area contributed by atoms with Crippen molar-refractivity contribution in [2.75, 3.05) is 6.54 Å². The smallest absolute Gasteiger partial charge is 0.223 e. The number of hydrogen-bond donors (Lipinski definition) is 2. The van der Waals surface area contributed by atoms with Crippen molar-refractivity contribution >= 4 is 18.3 Å². The number of carbonyl (C=O) groups is 1. The molecule has 1 aromatic rings. The molecule has 1 amide bonds. The van der Waals surface area contributed by atoms with Crippen LogP contribution in [0.15, 0.2) is 24.3 Å². The molecule has 2 fully saturated rings. The first-order valence-electron chi connectivity index (χ1n) is 8.99. The molecule has 2 bridgehead atoms. The standard InChI is InChI=1S/C19H27FN2O2.ClH/c1-12(24-17-8-3-2-7-16(17)20)11-22-19(23)15-9-13-5-4-6-14(10-15)18(13)21;/h2-3,7-8,12-15,18H,4-6,9-11,21H2,1H3,(H,22,23);1H. The van der Waals surface area contributed by atoms with Gasteiger partial charge in [-0.3, -0.25) is 4.79 Å². The third-order valence-corrected chi connectivity index (χ3v) is 5.51. The van der Waals surface area contributed by atoms with Gasteiger partial charge in [0.1, 0.15) is 6.10 Å². The number of halogens is 2. The Morgan fingerprint density at radius 1 is 1.32 bits per heavy atom. The fraction of sp³-hybridized carbons (Fsp3) is 0.632. The van der Waals surface area contributed by atoms with E-state index in [1.165, 1.54) is 12.5 Å². The zero-order valence-corrected chi connectivity index (χ0v) is 15.4. The third-order valence-electron chi connectivity index (χ3n) is 5.51. The van der Waals surface area contributed by atoms with Gasteiger partial charge in [0, 0.05) is 12.0 Å². The van der Waals surface area contributed by atoms with Gasteiger partial charge in [-0.2, -0.15) is 0 Å². The number of nitrogens with one attached hydrogen (secondary N) is 1. The fourth-order valence-electron chi connectivity index (χ4n) is 4.19. The van der Waals surface area contributed by atoms with Crippen LogP contribution in [-0.2, 0) is 4.79 Å². The van der Waals surface area contributed by atoms with Crippen LogP contribution < -0.4 is 15.8 Å². The number of carbonyl (C=O) groups excluding carboxylic acids is 1. The van der Waals surface area contributed by atoms with E-state index in [9.17, 15) is 9.18 Å². The van der Waals surface area contributed by atoms with Crippen LogP contribution in [0.5, 0.6) is 5.75 Å². The van der Waals surface area contributed by atoms with E-state index in [-0.39, 0.29) is 47.9 Å². The maximum Gasteiger partial charge on any atom is 0.223 e. The highest BCUT2D eigenvalue weighted by atomic mass is 35.5. The minimum absolute atomic E-state index is 0. The van der Waals surface area contributed by atoms with Gasteiger partial charge in [0.2, 0.25) is 5.91 Å². The Balaban J connectivity index is 0.00000225. The minimum atomic E-state index is -0.384. The number of rotatable bonds is 5. The second-order valence-electron chi connectivity index (χ2n) is 7.30. The number of nitrogens with two attached hydrogens (primary N) is 1. The summed E-state index contributed by atoms with van der Waals surface area (Å²) in [6.07, 6.45) is 5.04. The number of amides is 1. The van der Waals surface area contributed by atoms with Gasteiger partial charge in [0.25, 0.3) is 0 Å². The van der Waals surface area contributed by atoms with Gasteiger partial charge in [0.15, 0.2) is 11.6 Å². The molecule has 2 saturated carbocycles. The molecule has 3 rings (SSSR count). The lowest BCUT2D eigenvalue weighted by Crippen LogP contribution is -2.49. The van der Waals surface area contributed by atoms with E-state index in [1.807, 2.05) is 6.92 Å². The van der Waals surface area contributed by atoms with E-state index < -0.39 is 0 Å². The van der Waals surface area contributed by atoms with Crippen LogP contribution >= 0.6 is 12.4 Å². The van der Waals surface area contributed by atoms with Crippen LogP contribution in [0.4, 0.5) is 4.39 Å². The summed E-state index contributed by atoms with van der Waals surface area (Å²) in [5.41, 5.74) is 6.28. The summed E-state index contributed by atoms with van der Waals surface area (Å²) in [6.45, 7) is 2.21. The van der Waals surface area contributed by atoms with Crippen LogP contribution in [0.25, 0.3) is 0 Å². The van der Waals surface area contributed by atoms with Gasteiger partial charge in [-0.1, -0.05) is 18.6 Å². The molecule has 4 nitrogen and oxygen atoms in total. The van der Waals surface area contributed by atoms with Crippen molar-refractivity contribution < 1.29 is 13.9 Å². The van der Waals surface area contributed by atoms with Gasteiger partial charge < -0.3 is 15.8 Å². The maximum absolute atomic E-state index is 13.6. The molecule has 0 radical (unpaired) electrons. The SMILES string of the molecule is CC(CNC(=O)C1CC2CCCC(C1)C2N)Oc1ccccc1F.Cl. The molecule has 2 aliphatic carbocycles. The van der Waals surface area contributed by atoms with Crippen LogP contribution in [0, 0.1) is 23.6 Å². The Hall–Kier alpha value is -1.33. The topological polar surface area (TPSA) is 64.4 Å². The molecule has 3 unspecified atom stereocenters. The third kappa shape index (κ3) is 4.85.